The van der Waals surface area contributed by atoms with Crippen LogP contribution in [0.5, 0.6) is 0 Å². The normalized spacial score (nSPS) is 12.7. The summed E-state index contributed by atoms with van der Waals surface area (Å²) < 4.78 is 10.6. The number of hydrogen-bond donors (Lipinski definition) is 2. The molecule has 3 heterocycles. The van der Waals surface area contributed by atoms with Crippen LogP contribution in [0.3, 0.4) is 0 Å². The number of carbonyl (C=O) groups excluding carboxylic acids is 1. The highest BCUT2D eigenvalue weighted by molar-refractivity contribution is 7.24. The maximum absolute atomic E-state index is 11.9. The molecule has 3 rings (SSSR count). The molecule has 0 saturated heterocycles. The molecule has 0 aliphatic rings. The van der Waals surface area contributed by atoms with Crippen LogP contribution in [-0.4, -0.2) is 33.3 Å². The third-order valence-corrected chi connectivity index (χ3v) is 6.86. The Morgan fingerprint density at radius 1 is 1.34 bits per heavy atom. The molecule has 3 aromatic heterocycles. The fraction of sp³-hybridized carbons (Fsp3) is 0.421. The lowest BCUT2D eigenvalue weighted by atomic mass is 10.2. The number of fused-ring (bicyclic) bond motifs is 1. The van der Waals surface area contributed by atoms with Gasteiger partial charge in [0.25, 0.3) is 0 Å². The third-order valence-electron chi connectivity index (χ3n) is 3.83. The zero-order chi connectivity index (χ0) is 21.2. The number of amides is 2. The number of carboxylic acid groups (broad SMARTS) is 1. The molecular weight excluding hydrogens is 430 g/mol. The van der Waals surface area contributed by atoms with Gasteiger partial charge >= 0.3 is 12.2 Å². The second-order valence-corrected chi connectivity index (χ2v) is 10.5. The van der Waals surface area contributed by atoms with Gasteiger partial charge < -0.3 is 15.2 Å². The van der Waals surface area contributed by atoms with Gasteiger partial charge in [0.15, 0.2) is 0 Å². The van der Waals surface area contributed by atoms with Crippen LogP contribution >= 0.6 is 34.2 Å². The molecule has 0 radical (unpaired) electrons. The smallest absolute Gasteiger partial charge is 0.412 e. The number of alkyl carbamates (subject to hydrolysis) is 1. The number of ether oxygens (including phenoxy) is 1. The first kappa shape index (κ1) is 21.5. The van der Waals surface area contributed by atoms with Crippen molar-refractivity contribution >= 4 is 61.6 Å². The van der Waals surface area contributed by atoms with E-state index in [1.807, 2.05) is 51.3 Å². The minimum absolute atomic E-state index is 0.124. The van der Waals surface area contributed by atoms with Crippen LogP contribution in [0.15, 0.2) is 23.6 Å². The number of aromatic nitrogens is 1. The molecular formula is C19H23N3O4S3. The van der Waals surface area contributed by atoms with Crippen LogP contribution in [-0.2, 0) is 17.7 Å². The van der Waals surface area contributed by atoms with Crippen molar-refractivity contribution in [2.75, 3.05) is 4.90 Å². The molecule has 0 aliphatic heterocycles. The summed E-state index contributed by atoms with van der Waals surface area (Å²) in [6, 6.07) is 5.66. The first-order valence-corrected chi connectivity index (χ1v) is 11.5. The number of nitrogens with one attached hydrogen (secondary N) is 1. The van der Waals surface area contributed by atoms with E-state index in [-0.39, 0.29) is 6.04 Å². The van der Waals surface area contributed by atoms with Crippen LogP contribution < -0.4 is 10.2 Å². The highest BCUT2D eigenvalue weighted by Gasteiger charge is 2.23. The molecule has 1 atom stereocenters. The highest BCUT2D eigenvalue weighted by atomic mass is 32.1. The van der Waals surface area contributed by atoms with E-state index in [1.165, 1.54) is 39.1 Å². The van der Waals surface area contributed by atoms with Crippen molar-refractivity contribution in [3.05, 3.63) is 33.3 Å². The average Bonchev–Trinajstić information content (AvgIpc) is 3.27. The van der Waals surface area contributed by atoms with E-state index in [2.05, 4.69) is 9.69 Å². The molecule has 0 bridgehead atoms. The summed E-state index contributed by atoms with van der Waals surface area (Å²) >= 11 is 4.23. The Bertz CT molecular complexity index is 988. The van der Waals surface area contributed by atoms with Gasteiger partial charge in [0, 0.05) is 22.2 Å². The molecule has 2 N–H and O–H groups in total. The molecule has 156 valence electrons. The van der Waals surface area contributed by atoms with Gasteiger partial charge in [-0.1, -0.05) is 6.07 Å². The van der Waals surface area contributed by atoms with Crippen molar-refractivity contribution < 1.29 is 19.4 Å². The van der Waals surface area contributed by atoms with Crippen molar-refractivity contribution in [2.24, 2.45) is 0 Å². The first-order valence-electron chi connectivity index (χ1n) is 9.03. The molecule has 0 spiro atoms. The lowest BCUT2D eigenvalue weighted by Gasteiger charge is -2.21. The summed E-state index contributed by atoms with van der Waals surface area (Å²) in [7, 11) is 0. The minimum atomic E-state index is -1.00. The Balaban J connectivity index is 1.73. The number of rotatable bonds is 6. The van der Waals surface area contributed by atoms with Gasteiger partial charge in [-0.15, -0.1) is 22.7 Å². The van der Waals surface area contributed by atoms with Gasteiger partial charge in [0.1, 0.15) is 10.6 Å². The summed E-state index contributed by atoms with van der Waals surface area (Å²) in [5, 5.41) is 15.1. The van der Waals surface area contributed by atoms with E-state index < -0.39 is 17.8 Å². The number of nitrogens with zero attached hydrogens (tertiary/aromatic N) is 2. The number of carbonyl (C=O) groups is 2. The van der Waals surface area contributed by atoms with Gasteiger partial charge in [-0.3, -0.25) is 4.90 Å². The number of hydrogen-bond acceptors (Lipinski definition) is 7. The first-order chi connectivity index (χ1) is 13.6. The highest BCUT2D eigenvalue weighted by Crippen LogP contribution is 2.38. The van der Waals surface area contributed by atoms with Crippen molar-refractivity contribution in [3.63, 3.8) is 0 Å². The van der Waals surface area contributed by atoms with Gasteiger partial charge in [-0.2, -0.15) is 4.37 Å². The summed E-state index contributed by atoms with van der Waals surface area (Å²) in [5.74, 6) is 0. The van der Waals surface area contributed by atoms with Gasteiger partial charge in [-0.05, 0) is 56.7 Å². The summed E-state index contributed by atoms with van der Waals surface area (Å²) in [5.41, 5.74) is 0.239. The number of thiophene rings is 2. The zero-order valence-electron chi connectivity index (χ0n) is 16.6. The molecule has 3 aromatic rings. The molecule has 0 saturated carbocycles. The molecule has 7 nitrogen and oxygen atoms in total. The summed E-state index contributed by atoms with van der Waals surface area (Å²) in [4.78, 5) is 27.1. The SMILES string of the molecule is C[C@@H](Cc1cc2nsc(N(Cc3cccs3)C(=O)O)c2s1)NC(=O)OC(C)(C)C. The largest absolute Gasteiger partial charge is 0.465 e. The summed E-state index contributed by atoms with van der Waals surface area (Å²) in [6.07, 6.45) is -0.837. The minimum Gasteiger partial charge on any atom is -0.465 e. The van der Waals surface area contributed by atoms with E-state index in [4.69, 9.17) is 4.74 Å². The quantitative estimate of drug-likeness (QED) is 0.510. The van der Waals surface area contributed by atoms with Gasteiger partial charge in [0.05, 0.1) is 16.8 Å². The Kier molecular flexibility index (Phi) is 6.45. The fourth-order valence-corrected chi connectivity index (χ4v) is 5.62. The van der Waals surface area contributed by atoms with E-state index in [0.717, 1.165) is 20.0 Å². The van der Waals surface area contributed by atoms with E-state index >= 15 is 0 Å². The Morgan fingerprint density at radius 2 is 2.10 bits per heavy atom. The topological polar surface area (TPSA) is 91.8 Å². The zero-order valence-corrected chi connectivity index (χ0v) is 19.0. The second kappa shape index (κ2) is 8.68. The molecule has 29 heavy (non-hydrogen) atoms. The van der Waals surface area contributed by atoms with E-state index in [1.54, 1.807) is 0 Å². The van der Waals surface area contributed by atoms with Crippen LogP contribution in [0.2, 0.25) is 0 Å². The lowest BCUT2D eigenvalue weighted by molar-refractivity contribution is 0.0508. The van der Waals surface area contributed by atoms with Crippen LogP contribution in [0.4, 0.5) is 14.6 Å². The number of anilines is 1. The van der Waals surface area contributed by atoms with Crippen LogP contribution in [0.1, 0.15) is 37.4 Å². The van der Waals surface area contributed by atoms with Gasteiger partial charge in [-0.25, -0.2) is 9.59 Å². The molecule has 0 aliphatic carbocycles. The summed E-state index contributed by atoms with van der Waals surface area (Å²) in [6.45, 7) is 7.67. The molecule has 0 unspecified atom stereocenters. The second-order valence-electron chi connectivity index (χ2n) is 7.61. The average molecular weight is 454 g/mol. The molecule has 10 heteroatoms. The fourth-order valence-electron chi connectivity index (χ4n) is 2.70. The molecule has 0 fully saturated rings. The molecule has 0 aromatic carbocycles. The Morgan fingerprint density at radius 3 is 2.72 bits per heavy atom. The molecule has 2 amide bonds. The predicted molar refractivity (Wildman–Crippen MR) is 119 cm³/mol. The van der Waals surface area contributed by atoms with Crippen molar-refractivity contribution in [3.8, 4) is 0 Å². The van der Waals surface area contributed by atoms with E-state index in [9.17, 15) is 14.7 Å². The monoisotopic (exact) mass is 453 g/mol. The van der Waals surface area contributed by atoms with E-state index in [0.29, 0.717) is 18.0 Å². The lowest BCUT2D eigenvalue weighted by Crippen LogP contribution is -2.38. The van der Waals surface area contributed by atoms with Crippen molar-refractivity contribution in [1.29, 1.82) is 0 Å². The maximum atomic E-state index is 11.9. The standard InChI is InChI=1S/C19H23N3O4S3/c1-11(20-17(23)26-19(2,3)4)8-13-9-14-15(28-13)16(29-21-14)22(18(24)25)10-12-6-5-7-27-12/h5-7,9,11H,8,10H2,1-4H3,(H,20,23)(H,24,25)/t11-/m0/s1. The Hall–Kier alpha value is -2.17. The van der Waals surface area contributed by atoms with Crippen molar-refractivity contribution in [2.45, 2.75) is 52.3 Å². The van der Waals surface area contributed by atoms with Crippen LogP contribution in [0.25, 0.3) is 10.2 Å². The Labute approximate surface area is 181 Å². The third kappa shape index (κ3) is 5.68. The maximum Gasteiger partial charge on any atom is 0.412 e. The van der Waals surface area contributed by atoms with Gasteiger partial charge in [0.2, 0.25) is 0 Å². The van der Waals surface area contributed by atoms with Crippen LogP contribution in [0, 0.1) is 0 Å². The van der Waals surface area contributed by atoms with Crippen molar-refractivity contribution in [1.82, 2.24) is 9.69 Å². The predicted octanol–water partition coefficient (Wildman–Crippen LogP) is 5.56.